The van der Waals surface area contributed by atoms with Crippen LogP contribution in [0.25, 0.3) is 11.3 Å². The van der Waals surface area contributed by atoms with Gasteiger partial charge < -0.3 is 10.0 Å². The van der Waals surface area contributed by atoms with E-state index in [1.54, 1.807) is 27.8 Å². The van der Waals surface area contributed by atoms with Crippen molar-refractivity contribution in [2.75, 3.05) is 6.54 Å². The molecule has 2 atom stereocenters. The molecule has 0 radical (unpaired) electrons. The number of hydrogen-bond donors (Lipinski definition) is 1. The highest BCUT2D eigenvalue weighted by molar-refractivity contribution is 5.77. The highest BCUT2D eigenvalue weighted by atomic mass is 19.1. The largest absolute Gasteiger partial charge is 0.390 e. The summed E-state index contributed by atoms with van der Waals surface area (Å²) in [7, 11) is 0. The zero-order valence-electron chi connectivity index (χ0n) is 18.1. The lowest BCUT2D eigenvalue weighted by molar-refractivity contribution is -0.131. The fourth-order valence-corrected chi connectivity index (χ4v) is 5.01. The van der Waals surface area contributed by atoms with E-state index in [2.05, 4.69) is 6.07 Å². The maximum atomic E-state index is 14.4. The quantitative estimate of drug-likeness (QED) is 0.665. The van der Waals surface area contributed by atoms with E-state index in [-0.39, 0.29) is 12.3 Å². The van der Waals surface area contributed by atoms with Gasteiger partial charge in [0.05, 0.1) is 23.4 Å². The monoisotopic (exact) mass is 448 g/mol. The molecular formula is C25H22F2N4O2. The molecule has 1 N–H and O–H groups in total. The fourth-order valence-electron chi connectivity index (χ4n) is 5.01. The maximum Gasteiger partial charge on any atom is 0.222 e. The highest BCUT2D eigenvalue weighted by Crippen LogP contribution is 2.40. The summed E-state index contributed by atoms with van der Waals surface area (Å²) >= 11 is 0. The Balaban J connectivity index is 1.69. The van der Waals surface area contributed by atoms with E-state index in [4.69, 9.17) is 5.10 Å². The SMILES string of the molecule is CCC(=O)N1CCc2c(c(-c3cccc(C#N)c3)nn2C2c3cc(F)cc(F)c3C[C@H]2O)C1. The van der Waals surface area contributed by atoms with Crippen LogP contribution in [0.15, 0.2) is 36.4 Å². The molecule has 168 valence electrons. The molecular weight excluding hydrogens is 426 g/mol. The predicted octanol–water partition coefficient (Wildman–Crippen LogP) is 3.50. The van der Waals surface area contributed by atoms with Crippen molar-refractivity contribution < 1.29 is 18.7 Å². The molecule has 8 heteroatoms. The summed E-state index contributed by atoms with van der Waals surface area (Å²) in [4.78, 5) is 14.2. The highest BCUT2D eigenvalue weighted by Gasteiger charge is 2.39. The molecule has 2 aromatic carbocycles. The number of halogens is 2. The number of rotatable bonds is 3. The number of nitriles is 1. The van der Waals surface area contributed by atoms with Crippen molar-refractivity contribution >= 4 is 5.91 Å². The van der Waals surface area contributed by atoms with Crippen molar-refractivity contribution in [3.05, 3.63) is 76.0 Å². The third-order valence-corrected chi connectivity index (χ3v) is 6.56. The van der Waals surface area contributed by atoms with Crippen molar-refractivity contribution in [3.63, 3.8) is 0 Å². The number of aliphatic hydroxyl groups excluding tert-OH is 1. The second kappa shape index (κ2) is 8.09. The third-order valence-electron chi connectivity index (χ3n) is 6.56. The zero-order chi connectivity index (χ0) is 23.3. The van der Waals surface area contributed by atoms with Crippen LogP contribution in [0, 0.1) is 23.0 Å². The minimum Gasteiger partial charge on any atom is -0.390 e. The van der Waals surface area contributed by atoms with Gasteiger partial charge in [-0.1, -0.05) is 19.1 Å². The van der Waals surface area contributed by atoms with Gasteiger partial charge in [0, 0.05) is 55.2 Å². The van der Waals surface area contributed by atoms with Crippen molar-refractivity contribution in [2.24, 2.45) is 0 Å². The second-order valence-electron chi connectivity index (χ2n) is 8.50. The molecule has 1 amide bonds. The standard InChI is InChI=1S/C25H22F2N4O2/c1-2-23(33)30-7-6-21-19(13-30)24(15-5-3-4-14(8-15)12-28)29-31(21)25-18-9-16(26)10-20(27)17(18)11-22(25)32/h3-5,8-10,22,25,32H,2,6-7,11,13H2,1H3/t22-,25?/m1/s1. The molecule has 0 saturated heterocycles. The van der Waals surface area contributed by atoms with Gasteiger partial charge in [-0.25, -0.2) is 8.78 Å². The number of carbonyl (C=O) groups is 1. The topological polar surface area (TPSA) is 82.2 Å². The molecule has 2 aliphatic rings. The van der Waals surface area contributed by atoms with Crippen molar-refractivity contribution in [3.8, 4) is 17.3 Å². The molecule has 3 aromatic rings. The average molecular weight is 448 g/mol. The van der Waals surface area contributed by atoms with E-state index in [1.165, 1.54) is 6.07 Å². The van der Waals surface area contributed by atoms with E-state index in [1.807, 2.05) is 13.0 Å². The first-order valence-electron chi connectivity index (χ1n) is 11.0. The number of carbonyl (C=O) groups excluding carboxylic acids is 1. The summed E-state index contributed by atoms with van der Waals surface area (Å²) < 4.78 is 30.2. The van der Waals surface area contributed by atoms with Crippen molar-refractivity contribution in [2.45, 2.75) is 44.9 Å². The molecule has 1 aliphatic carbocycles. The third kappa shape index (κ3) is 3.49. The maximum absolute atomic E-state index is 14.4. The molecule has 1 aliphatic heterocycles. The summed E-state index contributed by atoms with van der Waals surface area (Å²) in [5.74, 6) is -1.34. The molecule has 33 heavy (non-hydrogen) atoms. The van der Waals surface area contributed by atoms with Crippen molar-refractivity contribution in [1.82, 2.24) is 14.7 Å². The molecule has 6 nitrogen and oxygen atoms in total. The minimum atomic E-state index is -0.964. The van der Waals surface area contributed by atoms with Crippen LogP contribution < -0.4 is 0 Å². The normalized spacial score (nSPS) is 19.2. The van der Waals surface area contributed by atoms with Crippen LogP contribution in [0.3, 0.4) is 0 Å². The second-order valence-corrected chi connectivity index (χ2v) is 8.50. The van der Waals surface area contributed by atoms with E-state index in [0.717, 1.165) is 17.3 Å². The van der Waals surface area contributed by atoms with Crippen LogP contribution in [0.5, 0.6) is 0 Å². The van der Waals surface area contributed by atoms with E-state index < -0.39 is 23.8 Å². The van der Waals surface area contributed by atoms with Crippen LogP contribution in [0.4, 0.5) is 8.78 Å². The fraction of sp³-hybridized carbons (Fsp3) is 0.320. The Kier molecular flexibility index (Phi) is 5.22. The van der Waals surface area contributed by atoms with Crippen molar-refractivity contribution in [1.29, 1.82) is 5.26 Å². The van der Waals surface area contributed by atoms with Crippen LogP contribution in [0.2, 0.25) is 0 Å². The summed E-state index contributed by atoms with van der Waals surface area (Å²) in [6, 6.07) is 10.5. The number of hydrogen-bond acceptors (Lipinski definition) is 4. The predicted molar refractivity (Wildman–Crippen MR) is 116 cm³/mol. The van der Waals surface area contributed by atoms with Crippen LogP contribution >= 0.6 is 0 Å². The first kappa shape index (κ1) is 21.3. The Morgan fingerprint density at radius 2 is 2.09 bits per heavy atom. The van der Waals surface area contributed by atoms with Gasteiger partial charge in [0.25, 0.3) is 0 Å². The number of nitrogens with zero attached hydrogens (tertiary/aromatic N) is 4. The lowest BCUT2D eigenvalue weighted by Gasteiger charge is -2.29. The number of benzene rings is 2. The molecule has 1 aromatic heterocycles. The summed E-state index contributed by atoms with van der Waals surface area (Å²) in [5.41, 5.74) is 4.13. The lowest BCUT2D eigenvalue weighted by atomic mass is 9.99. The number of aliphatic hydroxyl groups is 1. The van der Waals surface area contributed by atoms with Gasteiger partial charge in [0.15, 0.2) is 0 Å². The smallest absolute Gasteiger partial charge is 0.222 e. The van der Waals surface area contributed by atoms with Gasteiger partial charge in [-0.3, -0.25) is 9.48 Å². The Bertz CT molecular complexity index is 1310. The Morgan fingerprint density at radius 1 is 1.27 bits per heavy atom. The van der Waals surface area contributed by atoms with Gasteiger partial charge in [-0.2, -0.15) is 10.4 Å². The van der Waals surface area contributed by atoms with Crippen LogP contribution in [0.1, 0.15) is 47.3 Å². The van der Waals surface area contributed by atoms with E-state index >= 15 is 0 Å². The summed E-state index contributed by atoms with van der Waals surface area (Å²) in [6.07, 6.45) is -0.00684. The molecule has 2 heterocycles. The van der Waals surface area contributed by atoms with Gasteiger partial charge in [-0.15, -0.1) is 0 Å². The Labute approximate surface area is 189 Å². The van der Waals surface area contributed by atoms with Gasteiger partial charge in [0.1, 0.15) is 17.7 Å². The average Bonchev–Trinajstić information content (AvgIpc) is 3.35. The number of amides is 1. The number of aromatic nitrogens is 2. The summed E-state index contributed by atoms with van der Waals surface area (Å²) in [6.45, 7) is 2.66. The van der Waals surface area contributed by atoms with Crippen LogP contribution in [-0.2, 0) is 24.2 Å². The molecule has 1 unspecified atom stereocenters. The molecule has 0 spiro atoms. The molecule has 0 bridgehead atoms. The van der Waals surface area contributed by atoms with E-state index in [0.29, 0.717) is 53.9 Å². The minimum absolute atomic E-state index is 0.0283. The lowest BCUT2D eigenvalue weighted by Crippen LogP contribution is -2.36. The Morgan fingerprint density at radius 3 is 2.85 bits per heavy atom. The summed E-state index contributed by atoms with van der Waals surface area (Å²) in [5, 5.41) is 25.0. The zero-order valence-corrected chi connectivity index (χ0v) is 18.1. The van der Waals surface area contributed by atoms with Gasteiger partial charge >= 0.3 is 0 Å². The van der Waals surface area contributed by atoms with Gasteiger partial charge in [0.2, 0.25) is 5.91 Å². The van der Waals surface area contributed by atoms with Gasteiger partial charge in [-0.05, 0) is 29.3 Å². The Hall–Kier alpha value is -3.57. The van der Waals surface area contributed by atoms with E-state index in [9.17, 15) is 23.9 Å². The molecule has 0 saturated carbocycles. The molecule has 5 rings (SSSR count). The first-order valence-corrected chi connectivity index (χ1v) is 11.0. The number of fused-ring (bicyclic) bond motifs is 2. The molecule has 0 fully saturated rings. The first-order chi connectivity index (χ1) is 15.9. The van der Waals surface area contributed by atoms with Crippen LogP contribution in [-0.4, -0.2) is 38.3 Å².